The molecule has 1 N–H and O–H groups in total. The summed E-state index contributed by atoms with van der Waals surface area (Å²) in [4.78, 5) is 13.4. The van der Waals surface area contributed by atoms with Gasteiger partial charge in [-0.25, -0.2) is 4.39 Å². The summed E-state index contributed by atoms with van der Waals surface area (Å²) in [7, 11) is 0. The molecule has 0 bridgehead atoms. The molecule has 0 aliphatic heterocycles. The Morgan fingerprint density at radius 3 is 2.64 bits per heavy atom. The predicted molar refractivity (Wildman–Crippen MR) is 90.9 cm³/mol. The van der Waals surface area contributed by atoms with Crippen LogP contribution in [0.5, 0.6) is 0 Å². The van der Waals surface area contributed by atoms with E-state index in [0.717, 1.165) is 16.7 Å². The van der Waals surface area contributed by atoms with Gasteiger partial charge >= 0.3 is 0 Å². The number of aryl methyl sites for hydroxylation is 1. The second-order valence-corrected chi connectivity index (χ2v) is 5.80. The van der Waals surface area contributed by atoms with Gasteiger partial charge in [0.2, 0.25) is 11.7 Å². The summed E-state index contributed by atoms with van der Waals surface area (Å²) in [5.41, 5.74) is 2.74. The third-order valence-electron chi connectivity index (χ3n) is 3.87. The van der Waals surface area contributed by atoms with Crippen molar-refractivity contribution in [3.63, 3.8) is 0 Å². The average molecular weight is 339 g/mol. The molecule has 1 heterocycles. The number of nitrogens with zero attached hydrogens (tertiary/aromatic N) is 4. The highest BCUT2D eigenvalue weighted by molar-refractivity contribution is 5.76. The molecule has 7 heteroatoms. The van der Waals surface area contributed by atoms with E-state index in [1.807, 2.05) is 38.1 Å². The first-order valence-electron chi connectivity index (χ1n) is 7.91. The zero-order valence-electron chi connectivity index (χ0n) is 14.0. The number of carbonyl (C=O) groups is 1. The zero-order chi connectivity index (χ0) is 17.8. The van der Waals surface area contributed by atoms with E-state index < -0.39 is 0 Å². The third-order valence-corrected chi connectivity index (χ3v) is 3.87. The summed E-state index contributed by atoms with van der Waals surface area (Å²) in [6.45, 7) is 3.76. The summed E-state index contributed by atoms with van der Waals surface area (Å²) in [6, 6.07) is 13.5. The van der Waals surface area contributed by atoms with E-state index in [-0.39, 0.29) is 24.3 Å². The Balaban J connectivity index is 1.64. The van der Waals surface area contributed by atoms with E-state index >= 15 is 0 Å². The van der Waals surface area contributed by atoms with Crippen LogP contribution in [-0.4, -0.2) is 26.1 Å². The lowest BCUT2D eigenvalue weighted by Crippen LogP contribution is -2.30. The Morgan fingerprint density at radius 2 is 1.92 bits per heavy atom. The maximum atomic E-state index is 13.0. The standard InChI is InChI=1S/C18H18FN5O/c1-12-5-3-4-6-16(12)18-21-23-24(22-18)11-17(25)20-13(2)14-7-9-15(19)10-8-14/h3-10,13H,11H2,1-2H3,(H,20,25). The number of hydrogen-bond acceptors (Lipinski definition) is 4. The molecule has 0 spiro atoms. The molecule has 0 radical (unpaired) electrons. The van der Waals surface area contributed by atoms with Crippen LogP contribution in [0.3, 0.4) is 0 Å². The summed E-state index contributed by atoms with van der Waals surface area (Å²) in [5, 5.41) is 15.0. The van der Waals surface area contributed by atoms with Gasteiger partial charge in [0.05, 0.1) is 6.04 Å². The highest BCUT2D eigenvalue weighted by atomic mass is 19.1. The van der Waals surface area contributed by atoms with Gasteiger partial charge in [0, 0.05) is 5.56 Å². The molecule has 25 heavy (non-hydrogen) atoms. The lowest BCUT2D eigenvalue weighted by atomic mass is 10.1. The molecular formula is C18H18FN5O. The van der Waals surface area contributed by atoms with E-state index in [2.05, 4.69) is 20.7 Å². The lowest BCUT2D eigenvalue weighted by molar-refractivity contribution is -0.122. The van der Waals surface area contributed by atoms with Crippen LogP contribution >= 0.6 is 0 Å². The Bertz CT molecular complexity index is 875. The fourth-order valence-electron chi connectivity index (χ4n) is 2.49. The highest BCUT2D eigenvalue weighted by Gasteiger charge is 2.13. The van der Waals surface area contributed by atoms with Gasteiger partial charge in [-0.05, 0) is 42.3 Å². The molecule has 3 aromatic rings. The van der Waals surface area contributed by atoms with Gasteiger partial charge in [0.25, 0.3) is 0 Å². The molecule has 0 saturated heterocycles. The molecule has 3 rings (SSSR count). The van der Waals surface area contributed by atoms with Gasteiger partial charge in [-0.1, -0.05) is 36.4 Å². The molecule has 128 valence electrons. The van der Waals surface area contributed by atoms with Crippen molar-refractivity contribution >= 4 is 5.91 Å². The Morgan fingerprint density at radius 1 is 1.20 bits per heavy atom. The molecule has 0 saturated carbocycles. The Hall–Kier alpha value is -3.09. The quantitative estimate of drug-likeness (QED) is 0.776. The van der Waals surface area contributed by atoms with Crippen LogP contribution in [-0.2, 0) is 11.3 Å². The molecule has 1 aromatic heterocycles. The van der Waals surface area contributed by atoms with E-state index in [1.54, 1.807) is 12.1 Å². The largest absolute Gasteiger partial charge is 0.348 e. The number of nitrogens with one attached hydrogen (secondary N) is 1. The minimum absolute atomic E-state index is 0.0373. The van der Waals surface area contributed by atoms with Crippen molar-refractivity contribution in [2.24, 2.45) is 0 Å². The number of tetrazole rings is 1. The van der Waals surface area contributed by atoms with Gasteiger partial charge < -0.3 is 5.32 Å². The summed E-state index contributed by atoms with van der Waals surface area (Å²) in [6.07, 6.45) is 0. The zero-order valence-corrected chi connectivity index (χ0v) is 14.0. The van der Waals surface area contributed by atoms with E-state index in [4.69, 9.17) is 0 Å². The van der Waals surface area contributed by atoms with Crippen LogP contribution in [0, 0.1) is 12.7 Å². The first-order valence-corrected chi connectivity index (χ1v) is 7.91. The van der Waals surface area contributed by atoms with Crippen molar-refractivity contribution in [3.8, 4) is 11.4 Å². The topological polar surface area (TPSA) is 72.7 Å². The maximum absolute atomic E-state index is 13.0. The summed E-state index contributed by atoms with van der Waals surface area (Å²) < 4.78 is 13.0. The predicted octanol–water partition coefficient (Wildman–Crippen LogP) is 2.67. The number of aromatic nitrogens is 4. The maximum Gasteiger partial charge on any atom is 0.244 e. The van der Waals surface area contributed by atoms with Gasteiger partial charge in [0.15, 0.2) is 0 Å². The first-order chi connectivity index (χ1) is 12.0. The lowest BCUT2D eigenvalue weighted by Gasteiger charge is -2.13. The van der Waals surface area contributed by atoms with Crippen LogP contribution in [0.25, 0.3) is 11.4 Å². The molecule has 6 nitrogen and oxygen atoms in total. The minimum atomic E-state index is -0.308. The number of carbonyl (C=O) groups excluding carboxylic acids is 1. The van der Waals surface area contributed by atoms with Crippen LogP contribution < -0.4 is 5.32 Å². The van der Waals surface area contributed by atoms with Crippen molar-refractivity contribution < 1.29 is 9.18 Å². The molecule has 2 aromatic carbocycles. The van der Waals surface area contributed by atoms with E-state index in [1.165, 1.54) is 16.9 Å². The number of halogens is 1. The van der Waals surface area contributed by atoms with E-state index in [9.17, 15) is 9.18 Å². The fraction of sp³-hybridized carbons (Fsp3) is 0.222. The Kier molecular flexibility index (Phi) is 4.83. The molecule has 0 aliphatic rings. The second kappa shape index (κ2) is 7.21. The normalized spacial score (nSPS) is 12.0. The monoisotopic (exact) mass is 339 g/mol. The minimum Gasteiger partial charge on any atom is -0.348 e. The average Bonchev–Trinajstić information content (AvgIpc) is 3.03. The fourth-order valence-corrected chi connectivity index (χ4v) is 2.49. The second-order valence-electron chi connectivity index (χ2n) is 5.80. The van der Waals surface area contributed by atoms with Crippen LogP contribution in [0.4, 0.5) is 4.39 Å². The molecule has 1 atom stereocenters. The van der Waals surface area contributed by atoms with Crippen molar-refractivity contribution in [1.82, 2.24) is 25.5 Å². The van der Waals surface area contributed by atoms with Gasteiger partial charge in [-0.2, -0.15) is 4.80 Å². The SMILES string of the molecule is Cc1ccccc1-c1nnn(CC(=O)NC(C)c2ccc(F)cc2)n1. The molecule has 1 amide bonds. The Labute approximate surface area is 144 Å². The third kappa shape index (κ3) is 4.06. The summed E-state index contributed by atoms with van der Waals surface area (Å²) in [5.74, 6) is -0.0686. The van der Waals surface area contributed by atoms with Crippen molar-refractivity contribution in [3.05, 3.63) is 65.5 Å². The van der Waals surface area contributed by atoms with Crippen LogP contribution in [0.15, 0.2) is 48.5 Å². The van der Waals surface area contributed by atoms with Crippen molar-refractivity contribution in [2.45, 2.75) is 26.4 Å². The number of rotatable bonds is 5. The molecular weight excluding hydrogens is 321 g/mol. The van der Waals surface area contributed by atoms with Crippen LogP contribution in [0.2, 0.25) is 0 Å². The number of amides is 1. The van der Waals surface area contributed by atoms with Gasteiger partial charge in [-0.15, -0.1) is 10.2 Å². The summed E-state index contributed by atoms with van der Waals surface area (Å²) >= 11 is 0. The van der Waals surface area contributed by atoms with Gasteiger partial charge in [0.1, 0.15) is 12.4 Å². The van der Waals surface area contributed by atoms with Gasteiger partial charge in [-0.3, -0.25) is 4.79 Å². The molecule has 1 unspecified atom stereocenters. The van der Waals surface area contributed by atoms with E-state index in [0.29, 0.717) is 5.82 Å². The highest BCUT2D eigenvalue weighted by Crippen LogP contribution is 2.18. The first kappa shape index (κ1) is 16.8. The number of benzene rings is 2. The van der Waals surface area contributed by atoms with Crippen molar-refractivity contribution in [1.29, 1.82) is 0 Å². The molecule has 0 aliphatic carbocycles. The molecule has 0 fully saturated rings. The number of hydrogen-bond donors (Lipinski definition) is 1. The van der Waals surface area contributed by atoms with Crippen LogP contribution in [0.1, 0.15) is 24.1 Å². The smallest absolute Gasteiger partial charge is 0.244 e. The van der Waals surface area contributed by atoms with Crippen molar-refractivity contribution in [2.75, 3.05) is 0 Å².